The van der Waals surface area contributed by atoms with Gasteiger partial charge in [0.25, 0.3) is 0 Å². The van der Waals surface area contributed by atoms with Crippen molar-refractivity contribution in [2.24, 2.45) is 0 Å². The van der Waals surface area contributed by atoms with Gasteiger partial charge in [0.15, 0.2) is 0 Å². The Morgan fingerprint density at radius 3 is 0.910 bits per heavy atom. The molecule has 0 rings (SSSR count). The summed E-state index contributed by atoms with van der Waals surface area (Å²) in [5, 5.41) is 25.4. The predicted molar refractivity (Wildman–Crippen MR) is 286 cm³/mol. The molecule has 67 heavy (non-hydrogen) atoms. The Hall–Kier alpha value is -1.62. The van der Waals surface area contributed by atoms with Gasteiger partial charge in [-0.3, -0.25) is 4.90 Å². The smallest absolute Gasteiger partial charge is 0.407 e. The maximum Gasteiger partial charge on any atom is 0.407 e. The molecule has 0 aliphatic rings. The molecule has 0 aromatic rings. The minimum absolute atomic E-state index is 0.118. The van der Waals surface area contributed by atoms with Gasteiger partial charge in [0.05, 0.1) is 26.4 Å². The Kier molecular flexibility index (Phi) is 52.4. The number of rotatable bonds is 54. The second kappa shape index (κ2) is 53.7. The molecule has 0 heterocycles. The van der Waals surface area contributed by atoms with Crippen LogP contribution in [0.3, 0.4) is 0 Å². The standard InChI is InChI=1S/C57H116N4O6/c1-5-9-13-17-23-31-40-54(41-32-24-18-14-10-6-2)58-56(64)66-52-37-29-21-27-35-44-60(46-39-47-61(48-50-62)49-51-63)45-36-28-22-30-38-53-67-57(65)59-55(42-33-25-19-15-11-7-3)43-34-26-20-16-12-8-4/h54-55,62-63H,5-53H2,1-4H3,(H,58,64)(H,59,65). The lowest BCUT2D eigenvalue weighted by Crippen LogP contribution is -2.35. The maximum atomic E-state index is 12.8. The zero-order chi connectivity index (χ0) is 48.9. The molecular formula is C57H116N4O6. The number of amides is 2. The summed E-state index contributed by atoms with van der Waals surface area (Å²) < 4.78 is 11.3. The topological polar surface area (TPSA) is 124 Å². The van der Waals surface area contributed by atoms with E-state index >= 15 is 0 Å². The van der Waals surface area contributed by atoms with Gasteiger partial charge in [-0.1, -0.05) is 220 Å². The van der Waals surface area contributed by atoms with Gasteiger partial charge in [-0.2, -0.15) is 0 Å². The summed E-state index contributed by atoms with van der Waals surface area (Å²) in [7, 11) is 0. The number of aliphatic hydroxyl groups is 2. The maximum absolute atomic E-state index is 12.8. The number of alkyl carbamates (subject to hydrolysis) is 2. The lowest BCUT2D eigenvalue weighted by atomic mass is 10.00. The van der Waals surface area contributed by atoms with Crippen LogP contribution in [0.1, 0.15) is 278 Å². The van der Waals surface area contributed by atoms with Crippen molar-refractivity contribution in [2.45, 2.75) is 290 Å². The molecule has 400 valence electrons. The predicted octanol–water partition coefficient (Wildman–Crippen LogP) is 15.1. The van der Waals surface area contributed by atoms with Crippen molar-refractivity contribution >= 4 is 12.2 Å². The fraction of sp³-hybridized carbons (Fsp3) is 0.965. The van der Waals surface area contributed by atoms with Crippen LogP contribution in [0, 0.1) is 0 Å². The highest BCUT2D eigenvalue weighted by Crippen LogP contribution is 2.17. The van der Waals surface area contributed by atoms with Crippen LogP contribution in [-0.4, -0.2) is 110 Å². The second-order valence-electron chi connectivity index (χ2n) is 20.2. The summed E-state index contributed by atoms with van der Waals surface area (Å²) in [5.41, 5.74) is 0. The second-order valence-corrected chi connectivity index (χ2v) is 20.2. The highest BCUT2D eigenvalue weighted by Gasteiger charge is 2.15. The number of nitrogens with one attached hydrogen (secondary N) is 2. The fourth-order valence-corrected chi connectivity index (χ4v) is 9.42. The van der Waals surface area contributed by atoms with E-state index in [1.165, 1.54) is 167 Å². The number of carbonyl (C=O) groups is 2. The van der Waals surface area contributed by atoms with Crippen LogP contribution in [0.15, 0.2) is 0 Å². The van der Waals surface area contributed by atoms with E-state index in [4.69, 9.17) is 9.47 Å². The molecule has 0 fully saturated rings. The Labute approximate surface area is 416 Å². The minimum Gasteiger partial charge on any atom is -0.450 e. The largest absolute Gasteiger partial charge is 0.450 e. The number of nitrogens with zero attached hydrogens (tertiary/aromatic N) is 2. The number of unbranched alkanes of at least 4 members (excludes halogenated alkanes) is 28. The minimum atomic E-state index is -0.230. The molecule has 0 saturated heterocycles. The Morgan fingerprint density at radius 2 is 0.597 bits per heavy atom. The summed E-state index contributed by atoms with van der Waals surface area (Å²) in [4.78, 5) is 30.3. The molecule has 2 amide bonds. The van der Waals surface area contributed by atoms with Crippen molar-refractivity contribution in [3.05, 3.63) is 0 Å². The van der Waals surface area contributed by atoms with E-state index < -0.39 is 0 Å². The molecular weight excluding hydrogens is 837 g/mol. The summed E-state index contributed by atoms with van der Waals surface area (Å²) in [6, 6.07) is 0.466. The van der Waals surface area contributed by atoms with Gasteiger partial charge >= 0.3 is 12.2 Å². The molecule has 0 atom stereocenters. The van der Waals surface area contributed by atoms with E-state index in [0.717, 1.165) is 110 Å². The lowest BCUT2D eigenvalue weighted by molar-refractivity contribution is 0.137. The molecule has 0 bridgehead atoms. The zero-order valence-corrected chi connectivity index (χ0v) is 45.2. The van der Waals surface area contributed by atoms with Gasteiger partial charge in [-0.05, 0) is 84.0 Å². The van der Waals surface area contributed by atoms with E-state index in [2.05, 4.69) is 48.1 Å². The van der Waals surface area contributed by atoms with Crippen molar-refractivity contribution < 1.29 is 29.3 Å². The normalized spacial score (nSPS) is 11.7. The van der Waals surface area contributed by atoms with Gasteiger partial charge in [-0.25, -0.2) is 9.59 Å². The molecule has 0 aromatic heterocycles. The van der Waals surface area contributed by atoms with Gasteiger partial charge in [0.2, 0.25) is 0 Å². The molecule has 0 spiro atoms. The molecule has 0 radical (unpaired) electrons. The summed E-state index contributed by atoms with van der Waals surface area (Å²) in [6.07, 6.45) is 46.4. The van der Waals surface area contributed by atoms with Crippen LogP contribution in [0.2, 0.25) is 0 Å². The molecule has 0 saturated carbocycles. The van der Waals surface area contributed by atoms with E-state index in [1.54, 1.807) is 0 Å². The van der Waals surface area contributed by atoms with Crippen molar-refractivity contribution in [2.75, 3.05) is 65.7 Å². The monoisotopic (exact) mass is 953 g/mol. The quantitative estimate of drug-likeness (QED) is 0.0445. The van der Waals surface area contributed by atoms with Crippen molar-refractivity contribution in [3.63, 3.8) is 0 Å². The zero-order valence-electron chi connectivity index (χ0n) is 45.2. The van der Waals surface area contributed by atoms with E-state index in [1.807, 2.05) is 0 Å². The van der Waals surface area contributed by atoms with Gasteiger partial charge in [-0.15, -0.1) is 0 Å². The lowest BCUT2D eigenvalue weighted by Gasteiger charge is -2.25. The fourth-order valence-electron chi connectivity index (χ4n) is 9.42. The van der Waals surface area contributed by atoms with Crippen LogP contribution < -0.4 is 10.6 Å². The van der Waals surface area contributed by atoms with Crippen LogP contribution in [0.5, 0.6) is 0 Å². The van der Waals surface area contributed by atoms with Gasteiger partial charge in [0, 0.05) is 25.2 Å². The van der Waals surface area contributed by atoms with Crippen LogP contribution in [0.4, 0.5) is 9.59 Å². The first-order valence-corrected chi connectivity index (χ1v) is 29.5. The SMILES string of the molecule is CCCCCCCCC(CCCCCCCC)NC(=O)OCCCCCCCN(CCCCCCCOC(=O)NC(CCCCCCCC)CCCCCCCC)CCCN(CCO)CCO. The van der Waals surface area contributed by atoms with Crippen LogP contribution >= 0.6 is 0 Å². The number of hydrogen-bond donors (Lipinski definition) is 4. The Balaban J connectivity index is 4.61. The third-order valence-corrected chi connectivity index (χ3v) is 13.8. The Bertz CT molecular complexity index is 904. The molecule has 0 aromatic carbocycles. The average molecular weight is 954 g/mol. The molecule has 10 heteroatoms. The third kappa shape index (κ3) is 47.8. The number of hydrogen-bond acceptors (Lipinski definition) is 8. The summed E-state index contributed by atoms with van der Waals surface area (Å²) >= 11 is 0. The van der Waals surface area contributed by atoms with Crippen LogP contribution in [-0.2, 0) is 9.47 Å². The third-order valence-electron chi connectivity index (χ3n) is 13.8. The molecule has 4 N–H and O–H groups in total. The molecule has 0 unspecified atom stereocenters. The molecule has 0 aliphatic carbocycles. The van der Waals surface area contributed by atoms with Gasteiger partial charge in [0.1, 0.15) is 0 Å². The van der Waals surface area contributed by atoms with Crippen molar-refractivity contribution in [1.82, 2.24) is 20.4 Å². The molecule has 0 aliphatic heterocycles. The average Bonchev–Trinajstić information content (AvgIpc) is 3.32. The molecule has 10 nitrogen and oxygen atoms in total. The number of carbonyl (C=O) groups excluding carboxylic acids is 2. The first-order valence-electron chi connectivity index (χ1n) is 29.5. The first kappa shape index (κ1) is 65.4. The summed E-state index contributed by atoms with van der Waals surface area (Å²) in [6.45, 7) is 15.6. The van der Waals surface area contributed by atoms with Crippen molar-refractivity contribution in [1.29, 1.82) is 0 Å². The number of ether oxygens (including phenoxy) is 2. The van der Waals surface area contributed by atoms with Crippen molar-refractivity contribution in [3.8, 4) is 0 Å². The van der Waals surface area contributed by atoms with E-state index in [0.29, 0.717) is 26.3 Å². The first-order chi connectivity index (χ1) is 32.9. The van der Waals surface area contributed by atoms with Gasteiger partial charge < -0.3 is 35.2 Å². The Morgan fingerprint density at radius 1 is 0.343 bits per heavy atom. The summed E-state index contributed by atoms with van der Waals surface area (Å²) in [5.74, 6) is 0. The number of aliphatic hydroxyl groups excluding tert-OH is 2. The van der Waals surface area contributed by atoms with Crippen LogP contribution in [0.25, 0.3) is 0 Å². The van der Waals surface area contributed by atoms with E-state index in [9.17, 15) is 19.8 Å². The highest BCUT2D eigenvalue weighted by molar-refractivity contribution is 5.67. The highest BCUT2D eigenvalue weighted by atomic mass is 16.6. The van der Waals surface area contributed by atoms with E-state index in [-0.39, 0.29) is 37.5 Å².